The van der Waals surface area contributed by atoms with Crippen LogP contribution in [0.3, 0.4) is 0 Å². The molecule has 0 saturated carbocycles. The van der Waals surface area contributed by atoms with Gasteiger partial charge in [0.25, 0.3) is 0 Å². The number of hydrogen-bond donors (Lipinski definition) is 0. The molecule has 0 spiro atoms. The van der Waals surface area contributed by atoms with Gasteiger partial charge in [-0.2, -0.15) is 0 Å². The third-order valence-electron chi connectivity index (χ3n) is 0.147. The third-order valence-corrected chi connectivity index (χ3v) is 1.08. The van der Waals surface area contributed by atoms with Crippen molar-refractivity contribution in [1.82, 2.24) is 0 Å². The van der Waals surface area contributed by atoms with Crippen LogP contribution in [0.25, 0.3) is 0 Å². The van der Waals surface area contributed by atoms with E-state index in [9.17, 15) is 4.79 Å². The maximum atomic E-state index is 9.31. The normalized spacial score (nSPS) is 7.50. The van der Waals surface area contributed by atoms with Crippen LogP contribution in [-0.4, -0.2) is 12.7 Å². The lowest BCUT2D eigenvalue weighted by atomic mass is 11.7. The molecule has 0 fully saturated rings. The van der Waals surface area contributed by atoms with E-state index in [0.29, 0.717) is 6.47 Å². The first-order valence-electron chi connectivity index (χ1n) is 1.21. The van der Waals surface area contributed by atoms with Gasteiger partial charge >= 0.3 is 6.47 Å². The van der Waals surface area contributed by atoms with E-state index >= 15 is 0 Å². The molecule has 6 heavy (non-hydrogen) atoms. The van der Waals surface area contributed by atoms with Crippen LogP contribution in [0, 0.1) is 0 Å². The second-order valence-electron chi connectivity index (χ2n) is 0.427. The van der Waals surface area contributed by atoms with Crippen LogP contribution in [0.5, 0.6) is 0 Å². The highest BCUT2D eigenvalue weighted by molar-refractivity contribution is 8.74. The summed E-state index contributed by atoms with van der Waals surface area (Å²) in [6.07, 6.45) is 1.83. The molecule has 0 saturated heterocycles. The molecule has 0 aromatic carbocycles. The van der Waals surface area contributed by atoms with Crippen LogP contribution in [0.4, 0.5) is 0 Å². The summed E-state index contributed by atoms with van der Waals surface area (Å²) in [6, 6.07) is 0. The summed E-state index contributed by atoms with van der Waals surface area (Å²) in [5.74, 6) is 0. The summed E-state index contributed by atoms with van der Waals surface area (Å²) < 4.78 is 4.18. The minimum Gasteiger partial charge on any atom is -0.382 e. The topological polar surface area (TPSA) is 26.3 Å². The van der Waals surface area contributed by atoms with Gasteiger partial charge in [-0.15, -0.1) is 0 Å². The zero-order valence-electron chi connectivity index (χ0n) is 3.21. The standard InChI is InChI=1S/C2H4O2S2/c1-5-6-4-2-3/h2H,1H3. The van der Waals surface area contributed by atoms with E-state index in [0.717, 1.165) is 11.1 Å². The Bertz CT molecular complexity index is 38.5. The van der Waals surface area contributed by atoms with Gasteiger partial charge in [0.15, 0.2) is 0 Å². The fourth-order valence-electron chi connectivity index (χ4n) is 0.0553. The summed E-state index contributed by atoms with van der Waals surface area (Å²) >= 11 is 1.06. The van der Waals surface area contributed by atoms with Gasteiger partial charge in [0, 0.05) is 0 Å². The molecular weight excluding hydrogens is 120 g/mol. The molecular formula is C2H4O2S2. The summed E-state index contributed by atoms with van der Waals surface area (Å²) in [4.78, 5) is 9.31. The van der Waals surface area contributed by atoms with Crippen molar-refractivity contribution in [3.8, 4) is 0 Å². The molecule has 0 atom stereocenters. The quantitative estimate of drug-likeness (QED) is 0.243. The van der Waals surface area contributed by atoms with Crippen molar-refractivity contribution >= 4 is 28.3 Å². The second kappa shape index (κ2) is 5.17. The zero-order chi connectivity index (χ0) is 4.83. The predicted octanol–water partition coefficient (Wildman–Crippen LogP) is 1.09. The van der Waals surface area contributed by atoms with Crippen LogP contribution < -0.4 is 0 Å². The largest absolute Gasteiger partial charge is 0.382 e. The Morgan fingerprint density at radius 3 is 2.67 bits per heavy atom. The monoisotopic (exact) mass is 124 g/mol. The number of hydrogen-bond acceptors (Lipinski definition) is 4. The molecule has 36 valence electrons. The fourth-order valence-corrected chi connectivity index (χ4v) is 0.498. The Balaban J connectivity index is 2.49. The Morgan fingerprint density at radius 1 is 1.83 bits per heavy atom. The third kappa shape index (κ3) is 4.17. The molecule has 0 N–H and O–H groups in total. The molecule has 0 bridgehead atoms. The van der Waals surface area contributed by atoms with Crippen LogP contribution in [0.2, 0.25) is 0 Å². The predicted molar refractivity (Wildman–Crippen MR) is 28.3 cm³/mol. The first kappa shape index (κ1) is 6.17. The highest BCUT2D eigenvalue weighted by Crippen LogP contribution is 2.15. The Hall–Kier alpha value is 0.170. The van der Waals surface area contributed by atoms with Crippen LogP contribution in [0.15, 0.2) is 0 Å². The first-order valence-corrected chi connectivity index (χ1v) is 3.70. The van der Waals surface area contributed by atoms with Gasteiger partial charge in [0.1, 0.15) is 11.1 Å². The number of carbonyl (C=O) groups is 1. The molecule has 0 aliphatic heterocycles. The summed E-state index contributed by atoms with van der Waals surface area (Å²) in [6.45, 7) is 0.404. The van der Waals surface area contributed by atoms with Gasteiger partial charge in [0.05, 0.1) is 0 Å². The maximum absolute atomic E-state index is 9.31. The van der Waals surface area contributed by atoms with Crippen LogP contribution in [-0.2, 0) is 8.98 Å². The Kier molecular flexibility index (Phi) is 5.32. The molecule has 0 unspecified atom stereocenters. The smallest absolute Gasteiger partial charge is 0.306 e. The van der Waals surface area contributed by atoms with Gasteiger partial charge in [-0.1, -0.05) is 10.8 Å². The lowest BCUT2D eigenvalue weighted by Gasteiger charge is -1.82. The Morgan fingerprint density at radius 2 is 2.50 bits per heavy atom. The molecule has 0 aromatic heterocycles. The van der Waals surface area contributed by atoms with E-state index in [-0.39, 0.29) is 0 Å². The average Bonchev–Trinajstić information content (AvgIpc) is 1.61. The average molecular weight is 124 g/mol. The maximum Gasteiger partial charge on any atom is 0.306 e. The summed E-state index contributed by atoms with van der Waals surface area (Å²) in [5.41, 5.74) is 0. The second-order valence-corrected chi connectivity index (χ2v) is 2.50. The highest BCUT2D eigenvalue weighted by Gasteiger charge is 1.74. The van der Waals surface area contributed by atoms with Crippen molar-refractivity contribution in [1.29, 1.82) is 0 Å². The van der Waals surface area contributed by atoms with Gasteiger partial charge < -0.3 is 4.18 Å². The molecule has 0 aliphatic rings. The molecule has 0 amide bonds. The fraction of sp³-hybridized carbons (Fsp3) is 0.500. The molecule has 0 radical (unpaired) electrons. The molecule has 0 aromatic rings. The minimum absolute atomic E-state index is 0.404. The highest BCUT2D eigenvalue weighted by atomic mass is 33.1. The summed E-state index contributed by atoms with van der Waals surface area (Å²) in [7, 11) is 1.39. The van der Waals surface area contributed by atoms with E-state index in [1.807, 2.05) is 6.26 Å². The minimum atomic E-state index is 0.404. The van der Waals surface area contributed by atoms with Gasteiger partial charge in [0.2, 0.25) is 0 Å². The van der Waals surface area contributed by atoms with Crippen molar-refractivity contribution in [3.63, 3.8) is 0 Å². The van der Waals surface area contributed by atoms with Crippen molar-refractivity contribution < 1.29 is 8.98 Å². The van der Waals surface area contributed by atoms with Crippen molar-refractivity contribution in [2.45, 2.75) is 0 Å². The van der Waals surface area contributed by atoms with E-state index in [1.165, 1.54) is 10.8 Å². The molecule has 2 nitrogen and oxygen atoms in total. The lowest BCUT2D eigenvalue weighted by Crippen LogP contribution is -1.64. The molecule has 0 rings (SSSR count). The van der Waals surface area contributed by atoms with Crippen LogP contribution in [0.1, 0.15) is 0 Å². The molecule has 0 aliphatic carbocycles. The van der Waals surface area contributed by atoms with Crippen molar-refractivity contribution in [2.75, 3.05) is 6.26 Å². The van der Waals surface area contributed by atoms with Gasteiger partial charge in [-0.25, -0.2) is 0 Å². The SMILES string of the molecule is CSSOC=O. The lowest BCUT2D eigenvalue weighted by molar-refractivity contribution is -0.119. The van der Waals surface area contributed by atoms with Gasteiger partial charge in [-0.3, -0.25) is 4.79 Å². The van der Waals surface area contributed by atoms with Crippen molar-refractivity contribution in [2.24, 2.45) is 0 Å². The molecule has 0 heterocycles. The summed E-state index contributed by atoms with van der Waals surface area (Å²) in [5, 5.41) is 0. The van der Waals surface area contributed by atoms with Crippen LogP contribution >= 0.6 is 21.9 Å². The van der Waals surface area contributed by atoms with E-state index in [2.05, 4.69) is 4.18 Å². The van der Waals surface area contributed by atoms with E-state index in [1.54, 1.807) is 0 Å². The number of carbonyl (C=O) groups excluding carboxylic acids is 1. The number of rotatable bonds is 3. The van der Waals surface area contributed by atoms with Crippen molar-refractivity contribution in [3.05, 3.63) is 0 Å². The van der Waals surface area contributed by atoms with E-state index in [4.69, 9.17) is 0 Å². The first-order chi connectivity index (χ1) is 2.91. The van der Waals surface area contributed by atoms with E-state index < -0.39 is 0 Å². The molecule has 4 heteroatoms. The van der Waals surface area contributed by atoms with Gasteiger partial charge in [-0.05, 0) is 6.26 Å². The zero-order valence-corrected chi connectivity index (χ0v) is 4.84. The Labute approximate surface area is 44.2 Å².